The highest BCUT2D eigenvalue weighted by molar-refractivity contribution is 6.99. The number of nitrogens with zero attached hydrogens (tertiary/aromatic N) is 1. The number of hydrogen-bond donors (Lipinski definition) is 1. The van der Waals surface area contributed by atoms with Crippen LogP contribution in [0.15, 0.2) is 91.1 Å². The Morgan fingerprint density at radius 1 is 0.829 bits per heavy atom. The number of nitrogens with two attached hydrogens (primary N) is 1. The first-order valence-electron chi connectivity index (χ1n) is 11.9. The molecule has 0 bridgehead atoms. The molecule has 0 aliphatic rings. The van der Waals surface area contributed by atoms with Crippen LogP contribution in [-0.4, -0.2) is 19.5 Å². The average molecular weight is 524 g/mol. The second-order valence-corrected chi connectivity index (χ2v) is 14.8. The van der Waals surface area contributed by atoms with Gasteiger partial charge < -0.3 is 14.7 Å². The van der Waals surface area contributed by atoms with E-state index in [1.165, 1.54) is 10.4 Å². The Kier molecular flexibility index (Phi) is 7.89. The summed E-state index contributed by atoms with van der Waals surface area (Å²) in [5.74, 6) is 0. The third-order valence-electron chi connectivity index (χ3n) is 6.55. The zero-order chi connectivity index (χ0) is 25.1. The highest BCUT2D eigenvalue weighted by Gasteiger charge is 2.50. The summed E-state index contributed by atoms with van der Waals surface area (Å²) in [6.45, 7) is 7.77. The van der Waals surface area contributed by atoms with Gasteiger partial charge in [-0.3, -0.25) is 0 Å². The summed E-state index contributed by atoms with van der Waals surface area (Å²) >= 11 is 13.6. The van der Waals surface area contributed by atoms with Crippen molar-refractivity contribution in [2.24, 2.45) is 5.73 Å². The summed E-state index contributed by atoms with van der Waals surface area (Å²) in [5, 5.41) is 3.70. The van der Waals surface area contributed by atoms with Crippen LogP contribution in [0.1, 0.15) is 32.0 Å². The summed E-state index contributed by atoms with van der Waals surface area (Å²) in [4.78, 5) is 0. The van der Waals surface area contributed by atoms with Gasteiger partial charge in [0, 0.05) is 30.1 Å². The molecule has 0 atom stereocenters. The smallest absolute Gasteiger partial charge is 0.261 e. The van der Waals surface area contributed by atoms with Gasteiger partial charge in [0.05, 0.1) is 10.7 Å². The van der Waals surface area contributed by atoms with Crippen molar-refractivity contribution in [2.75, 3.05) is 6.61 Å². The number of rotatable bonds is 8. The Labute approximate surface area is 219 Å². The minimum Gasteiger partial charge on any atom is -0.407 e. The Morgan fingerprint density at radius 2 is 1.43 bits per heavy atom. The zero-order valence-corrected chi connectivity index (χ0v) is 23.0. The highest BCUT2D eigenvalue weighted by atomic mass is 35.5. The minimum atomic E-state index is -2.63. The molecule has 3 aromatic carbocycles. The summed E-state index contributed by atoms with van der Waals surface area (Å²) in [6, 6.07) is 29.1. The van der Waals surface area contributed by atoms with Crippen LogP contribution in [0.5, 0.6) is 0 Å². The van der Waals surface area contributed by atoms with Gasteiger partial charge in [0.2, 0.25) is 0 Å². The van der Waals surface area contributed by atoms with E-state index in [9.17, 15) is 0 Å². The van der Waals surface area contributed by atoms with Gasteiger partial charge in [-0.05, 0) is 51.7 Å². The molecule has 2 N–H and O–H groups in total. The molecule has 4 rings (SSSR count). The summed E-state index contributed by atoms with van der Waals surface area (Å²) in [5.41, 5.74) is 8.68. The van der Waals surface area contributed by atoms with Crippen molar-refractivity contribution < 1.29 is 4.43 Å². The van der Waals surface area contributed by atoms with Crippen LogP contribution in [0.25, 0.3) is 5.69 Å². The van der Waals surface area contributed by atoms with Crippen LogP contribution in [0.3, 0.4) is 0 Å². The lowest BCUT2D eigenvalue weighted by Gasteiger charge is -2.43. The molecule has 0 radical (unpaired) electrons. The Balaban J connectivity index is 1.71. The fourth-order valence-corrected chi connectivity index (χ4v) is 10.1. The average Bonchev–Trinajstić information content (AvgIpc) is 3.32. The van der Waals surface area contributed by atoms with E-state index < -0.39 is 8.32 Å². The lowest BCUT2D eigenvalue weighted by atomic mass is 10.1. The van der Waals surface area contributed by atoms with E-state index in [1.54, 1.807) is 0 Å². The molecule has 0 aliphatic heterocycles. The van der Waals surface area contributed by atoms with Gasteiger partial charge in [-0.2, -0.15) is 0 Å². The van der Waals surface area contributed by atoms with Crippen LogP contribution in [0, 0.1) is 0 Å². The quantitative estimate of drug-likeness (QED) is 0.273. The van der Waals surface area contributed by atoms with Crippen LogP contribution >= 0.6 is 23.2 Å². The first-order chi connectivity index (χ1) is 16.8. The summed E-state index contributed by atoms with van der Waals surface area (Å²) in [6.07, 6.45) is 2.58. The Morgan fingerprint density at radius 3 is 1.97 bits per heavy atom. The van der Waals surface area contributed by atoms with E-state index in [0.29, 0.717) is 29.6 Å². The number of halogens is 2. The molecule has 4 aromatic rings. The molecule has 1 aromatic heterocycles. The lowest BCUT2D eigenvalue weighted by molar-refractivity contribution is 0.302. The minimum absolute atomic E-state index is 0.0910. The largest absolute Gasteiger partial charge is 0.407 e. The second kappa shape index (κ2) is 10.7. The van der Waals surface area contributed by atoms with Crippen molar-refractivity contribution in [3.05, 3.63) is 112 Å². The van der Waals surface area contributed by atoms with Gasteiger partial charge in [-0.25, -0.2) is 0 Å². The van der Waals surface area contributed by atoms with Gasteiger partial charge in [-0.15, -0.1) is 0 Å². The van der Waals surface area contributed by atoms with E-state index in [-0.39, 0.29) is 5.04 Å². The number of hydrogen-bond acceptors (Lipinski definition) is 2. The van der Waals surface area contributed by atoms with Crippen LogP contribution in [0.2, 0.25) is 15.1 Å². The van der Waals surface area contributed by atoms with Crippen LogP contribution in [0.4, 0.5) is 0 Å². The number of benzene rings is 3. The molecular formula is C29H32Cl2N2OSi. The van der Waals surface area contributed by atoms with Gasteiger partial charge in [0.1, 0.15) is 0 Å². The predicted octanol–water partition coefficient (Wildman–Crippen LogP) is 6.36. The number of aromatic nitrogens is 1. The first kappa shape index (κ1) is 25.7. The lowest BCUT2D eigenvalue weighted by Crippen LogP contribution is -2.66. The third kappa shape index (κ3) is 5.00. The molecule has 6 heteroatoms. The normalized spacial score (nSPS) is 12.2. The molecule has 0 aliphatic carbocycles. The SMILES string of the molecule is CC(C)(C)[Si](OCCc1c(Cl)ccc(-n2cccc2CN)c1Cl)(c1ccccc1)c1ccccc1. The molecule has 3 nitrogen and oxygen atoms in total. The van der Waals surface area contributed by atoms with Crippen molar-refractivity contribution in [1.29, 1.82) is 0 Å². The third-order valence-corrected chi connectivity index (χ3v) is 12.4. The fourth-order valence-electron chi connectivity index (χ4n) is 4.89. The van der Waals surface area contributed by atoms with E-state index in [1.807, 2.05) is 35.0 Å². The molecule has 0 amide bonds. The van der Waals surface area contributed by atoms with Crippen LogP contribution < -0.4 is 16.1 Å². The molecule has 0 unspecified atom stereocenters. The molecular weight excluding hydrogens is 491 g/mol. The van der Waals surface area contributed by atoms with E-state index in [2.05, 4.69) is 81.4 Å². The Bertz CT molecular complexity index is 1230. The molecule has 1 heterocycles. The molecule has 0 saturated heterocycles. The standard InChI is InChI=1S/C29H32Cl2N2OSi/c1-29(2,3)35(23-12-6-4-7-13-23,24-14-8-5-9-15-24)34-20-18-25-26(30)16-17-27(28(25)31)33-19-10-11-22(33)21-32/h4-17,19H,18,20-21,32H2,1-3H3. The molecule has 0 fully saturated rings. The monoisotopic (exact) mass is 522 g/mol. The van der Waals surface area contributed by atoms with Gasteiger partial charge in [0.15, 0.2) is 0 Å². The summed E-state index contributed by atoms with van der Waals surface area (Å²) in [7, 11) is -2.63. The van der Waals surface area contributed by atoms with Crippen molar-refractivity contribution >= 4 is 41.9 Å². The molecule has 0 spiro atoms. The fraction of sp³-hybridized carbons (Fsp3) is 0.241. The molecule has 0 saturated carbocycles. The maximum absolute atomic E-state index is 7.05. The zero-order valence-electron chi connectivity index (χ0n) is 20.5. The van der Waals surface area contributed by atoms with Gasteiger partial charge in [0.25, 0.3) is 8.32 Å². The Hall–Kier alpha value is -2.34. The molecule has 182 valence electrons. The predicted molar refractivity (Wildman–Crippen MR) is 151 cm³/mol. The van der Waals surface area contributed by atoms with E-state index in [0.717, 1.165) is 16.9 Å². The topological polar surface area (TPSA) is 40.2 Å². The second-order valence-electron chi connectivity index (χ2n) is 9.69. The van der Waals surface area contributed by atoms with Crippen molar-refractivity contribution in [2.45, 2.75) is 38.8 Å². The van der Waals surface area contributed by atoms with Gasteiger partial charge in [-0.1, -0.05) is 105 Å². The maximum Gasteiger partial charge on any atom is 0.261 e. The van der Waals surface area contributed by atoms with Crippen molar-refractivity contribution in [3.63, 3.8) is 0 Å². The van der Waals surface area contributed by atoms with E-state index >= 15 is 0 Å². The highest BCUT2D eigenvalue weighted by Crippen LogP contribution is 2.37. The van der Waals surface area contributed by atoms with Crippen molar-refractivity contribution in [1.82, 2.24) is 4.57 Å². The molecule has 35 heavy (non-hydrogen) atoms. The first-order valence-corrected chi connectivity index (χ1v) is 14.5. The van der Waals surface area contributed by atoms with Crippen LogP contribution in [-0.2, 0) is 17.4 Å². The summed E-state index contributed by atoms with van der Waals surface area (Å²) < 4.78 is 9.07. The van der Waals surface area contributed by atoms with Crippen molar-refractivity contribution in [3.8, 4) is 5.69 Å². The van der Waals surface area contributed by atoms with E-state index in [4.69, 9.17) is 33.4 Å². The van der Waals surface area contributed by atoms with Gasteiger partial charge >= 0.3 is 0 Å². The maximum atomic E-state index is 7.05.